The van der Waals surface area contributed by atoms with Crippen molar-refractivity contribution in [3.05, 3.63) is 72.2 Å². The number of hydrogen-bond acceptors (Lipinski definition) is 5. The molecule has 6 nitrogen and oxygen atoms in total. The van der Waals surface area contributed by atoms with Crippen LogP contribution in [-0.4, -0.2) is 41.1 Å². The highest BCUT2D eigenvalue weighted by molar-refractivity contribution is 5.47. The summed E-state index contributed by atoms with van der Waals surface area (Å²) < 4.78 is 7.31. The van der Waals surface area contributed by atoms with Crippen LogP contribution in [0.1, 0.15) is 11.1 Å². The molecule has 3 heterocycles. The monoisotopic (exact) mass is 349 g/mol. The Balaban J connectivity index is 1.36. The molecule has 0 spiro atoms. The van der Waals surface area contributed by atoms with E-state index in [4.69, 9.17) is 4.74 Å². The Hall–Kier alpha value is -2.70. The zero-order chi connectivity index (χ0) is 17.6. The summed E-state index contributed by atoms with van der Waals surface area (Å²) in [6.45, 7) is 4.95. The lowest BCUT2D eigenvalue weighted by Gasteiger charge is -2.29. The van der Waals surface area contributed by atoms with Gasteiger partial charge in [-0.15, -0.1) is 0 Å². The van der Waals surface area contributed by atoms with E-state index in [0.29, 0.717) is 0 Å². The van der Waals surface area contributed by atoms with E-state index < -0.39 is 0 Å². The second-order valence-corrected chi connectivity index (χ2v) is 6.31. The molecule has 0 atom stereocenters. The maximum absolute atomic E-state index is 5.45. The standard InChI is InChI=1S/C20H23N5O/c1-3-18(20(22-8-1)24-11-13-26-14-12-24)16-21-15-17-4-6-19(7-5-17)25-10-2-9-23-25/h1-10,21H,11-16H2. The first-order chi connectivity index (χ1) is 12.9. The molecule has 0 bridgehead atoms. The van der Waals surface area contributed by atoms with E-state index in [1.54, 1.807) is 6.20 Å². The average Bonchev–Trinajstić information content (AvgIpc) is 3.24. The van der Waals surface area contributed by atoms with Crippen LogP contribution in [0.25, 0.3) is 5.69 Å². The van der Waals surface area contributed by atoms with E-state index in [-0.39, 0.29) is 0 Å². The van der Waals surface area contributed by atoms with Crippen molar-refractivity contribution in [2.24, 2.45) is 0 Å². The predicted molar refractivity (Wildman–Crippen MR) is 101 cm³/mol. The van der Waals surface area contributed by atoms with Crippen LogP contribution in [0.2, 0.25) is 0 Å². The van der Waals surface area contributed by atoms with Gasteiger partial charge in [0.1, 0.15) is 5.82 Å². The van der Waals surface area contributed by atoms with Gasteiger partial charge in [0.25, 0.3) is 0 Å². The van der Waals surface area contributed by atoms with Crippen molar-refractivity contribution < 1.29 is 4.74 Å². The normalized spacial score (nSPS) is 14.5. The highest BCUT2D eigenvalue weighted by atomic mass is 16.5. The van der Waals surface area contributed by atoms with Gasteiger partial charge < -0.3 is 15.0 Å². The number of rotatable bonds is 6. The number of nitrogens with zero attached hydrogens (tertiary/aromatic N) is 4. The molecule has 1 fully saturated rings. The Kier molecular flexibility index (Phi) is 5.23. The van der Waals surface area contributed by atoms with Crippen LogP contribution >= 0.6 is 0 Å². The van der Waals surface area contributed by atoms with E-state index in [1.807, 2.05) is 29.2 Å². The maximum atomic E-state index is 5.45. The SMILES string of the molecule is c1cnc(N2CCOCC2)c(CNCc2ccc(-n3cccn3)cc2)c1. The first-order valence-corrected chi connectivity index (χ1v) is 8.96. The molecule has 6 heteroatoms. The van der Waals surface area contributed by atoms with Gasteiger partial charge in [0, 0.05) is 50.3 Å². The number of nitrogens with one attached hydrogen (secondary N) is 1. The summed E-state index contributed by atoms with van der Waals surface area (Å²) in [6, 6.07) is 14.5. The molecule has 26 heavy (non-hydrogen) atoms. The summed E-state index contributed by atoms with van der Waals surface area (Å²) in [4.78, 5) is 6.89. The summed E-state index contributed by atoms with van der Waals surface area (Å²) in [5.41, 5.74) is 3.54. The van der Waals surface area contributed by atoms with Crippen molar-refractivity contribution >= 4 is 5.82 Å². The van der Waals surface area contributed by atoms with Crippen LogP contribution in [-0.2, 0) is 17.8 Å². The first-order valence-electron chi connectivity index (χ1n) is 8.96. The minimum atomic E-state index is 0.770. The molecular weight excluding hydrogens is 326 g/mol. The number of aromatic nitrogens is 3. The zero-order valence-electron chi connectivity index (χ0n) is 14.7. The molecule has 0 saturated carbocycles. The second-order valence-electron chi connectivity index (χ2n) is 6.31. The fraction of sp³-hybridized carbons (Fsp3) is 0.300. The third-order valence-corrected chi connectivity index (χ3v) is 4.53. The largest absolute Gasteiger partial charge is 0.378 e. The van der Waals surface area contributed by atoms with Gasteiger partial charge in [-0.05, 0) is 29.8 Å². The smallest absolute Gasteiger partial charge is 0.133 e. The summed E-state index contributed by atoms with van der Waals surface area (Å²) >= 11 is 0. The van der Waals surface area contributed by atoms with Crippen molar-refractivity contribution in [1.29, 1.82) is 0 Å². The quantitative estimate of drug-likeness (QED) is 0.741. The maximum Gasteiger partial charge on any atom is 0.133 e. The highest BCUT2D eigenvalue weighted by Crippen LogP contribution is 2.18. The summed E-state index contributed by atoms with van der Waals surface area (Å²) in [5.74, 6) is 1.07. The van der Waals surface area contributed by atoms with Crippen LogP contribution in [0.5, 0.6) is 0 Å². The second kappa shape index (κ2) is 8.12. The molecular formula is C20H23N5O. The molecule has 0 radical (unpaired) electrons. The van der Waals surface area contributed by atoms with Crippen molar-refractivity contribution in [2.75, 3.05) is 31.2 Å². The van der Waals surface area contributed by atoms with E-state index in [1.165, 1.54) is 11.1 Å². The molecule has 0 amide bonds. The topological polar surface area (TPSA) is 55.2 Å². The number of morpholine rings is 1. The molecule has 1 saturated heterocycles. The van der Waals surface area contributed by atoms with Crippen LogP contribution in [0.4, 0.5) is 5.82 Å². The molecule has 134 valence electrons. The van der Waals surface area contributed by atoms with Gasteiger partial charge in [0.15, 0.2) is 0 Å². The Bertz CT molecular complexity index is 810. The van der Waals surface area contributed by atoms with Crippen LogP contribution < -0.4 is 10.2 Å². The van der Waals surface area contributed by atoms with E-state index in [0.717, 1.165) is 50.9 Å². The van der Waals surface area contributed by atoms with Gasteiger partial charge in [-0.1, -0.05) is 18.2 Å². The summed E-state index contributed by atoms with van der Waals surface area (Å²) in [7, 11) is 0. The van der Waals surface area contributed by atoms with Crippen molar-refractivity contribution in [2.45, 2.75) is 13.1 Å². The van der Waals surface area contributed by atoms with Crippen molar-refractivity contribution in [3.63, 3.8) is 0 Å². The fourth-order valence-corrected chi connectivity index (χ4v) is 3.16. The molecule has 1 aromatic carbocycles. The van der Waals surface area contributed by atoms with Crippen LogP contribution in [0.3, 0.4) is 0 Å². The lowest BCUT2D eigenvalue weighted by atomic mass is 10.2. The van der Waals surface area contributed by atoms with Gasteiger partial charge in [-0.3, -0.25) is 0 Å². The molecule has 1 aliphatic heterocycles. The van der Waals surface area contributed by atoms with Gasteiger partial charge in [0.2, 0.25) is 0 Å². The number of pyridine rings is 1. The molecule has 1 aliphatic rings. The minimum absolute atomic E-state index is 0.770. The zero-order valence-corrected chi connectivity index (χ0v) is 14.7. The van der Waals surface area contributed by atoms with Crippen LogP contribution in [0.15, 0.2) is 61.1 Å². The van der Waals surface area contributed by atoms with Crippen molar-refractivity contribution in [3.8, 4) is 5.69 Å². The third-order valence-electron chi connectivity index (χ3n) is 4.53. The molecule has 2 aromatic heterocycles. The van der Waals surface area contributed by atoms with Gasteiger partial charge >= 0.3 is 0 Å². The number of ether oxygens (including phenoxy) is 1. The number of anilines is 1. The summed E-state index contributed by atoms with van der Waals surface area (Å²) in [5, 5.41) is 7.78. The summed E-state index contributed by atoms with van der Waals surface area (Å²) in [6.07, 6.45) is 5.60. The average molecular weight is 349 g/mol. The first kappa shape index (κ1) is 16.8. The molecule has 0 aliphatic carbocycles. The van der Waals surface area contributed by atoms with Gasteiger partial charge in [-0.25, -0.2) is 9.67 Å². The Morgan fingerprint density at radius 2 is 1.81 bits per heavy atom. The van der Waals surface area contributed by atoms with Crippen molar-refractivity contribution in [1.82, 2.24) is 20.1 Å². The molecule has 3 aromatic rings. The molecule has 0 unspecified atom stereocenters. The van der Waals surface area contributed by atoms with Gasteiger partial charge in [0.05, 0.1) is 18.9 Å². The molecule has 1 N–H and O–H groups in total. The minimum Gasteiger partial charge on any atom is -0.378 e. The Morgan fingerprint density at radius 1 is 0.962 bits per heavy atom. The molecule has 4 rings (SSSR count). The predicted octanol–water partition coefficient (Wildman–Crippen LogP) is 2.39. The van der Waals surface area contributed by atoms with E-state index in [9.17, 15) is 0 Å². The van der Waals surface area contributed by atoms with E-state index >= 15 is 0 Å². The lowest BCUT2D eigenvalue weighted by Crippen LogP contribution is -2.37. The third kappa shape index (κ3) is 3.92. The number of hydrogen-bond donors (Lipinski definition) is 1. The Labute approximate surface area is 153 Å². The Morgan fingerprint density at radius 3 is 2.58 bits per heavy atom. The van der Waals surface area contributed by atoms with Gasteiger partial charge in [-0.2, -0.15) is 5.10 Å². The van der Waals surface area contributed by atoms with E-state index in [2.05, 4.69) is 50.6 Å². The van der Waals surface area contributed by atoms with Crippen LogP contribution in [0, 0.1) is 0 Å². The fourth-order valence-electron chi connectivity index (χ4n) is 3.16. The number of benzene rings is 1. The highest BCUT2D eigenvalue weighted by Gasteiger charge is 2.15. The lowest BCUT2D eigenvalue weighted by molar-refractivity contribution is 0.122.